The number of azide groups is 1. The van der Waals surface area contributed by atoms with Crippen LogP contribution >= 0.6 is 0 Å². The molecule has 0 radical (unpaired) electrons. The number of hydrogen-bond acceptors (Lipinski definition) is 15. The van der Waals surface area contributed by atoms with E-state index >= 15 is 0 Å². The average Bonchev–Trinajstić information content (AvgIpc) is 2.95. The van der Waals surface area contributed by atoms with E-state index in [2.05, 4.69) is 15.3 Å². The molecule has 9 atom stereocenters. The van der Waals surface area contributed by atoms with Gasteiger partial charge >= 0.3 is 0 Å². The molecule has 0 heterocycles. The second-order valence-corrected chi connectivity index (χ2v) is 8.39. The Bertz CT molecular complexity index is 972. The van der Waals surface area contributed by atoms with Crippen LogP contribution in [0.15, 0.2) is 23.3 Å². The molecule has 0 aromatic heterocycles. The van der Waals surface area contributed by atoms with Gasteiger partial charge in [0.2, 0.25) is 0 Å². The second-order valence-electron chi connectivity index (χ2n) is 8.39. The maximum atomic E-state index is 12.9. The Morgan fingerprint density at radius 3 is 1.77 bits per heavy atom. The number of ether oxygens (including phenoxy) is 2. The number of carbonyl (C=O) groups excluding carboxylic acids is 3. The highest BCUT2D eigenvalue weighted by atomic mass is 16.5. The summed E-state index contributed by atoms with van der Waals surface area (Å²) in [6.07, 6.45) is -15.5. The summed E-state index contributed by atoms with van der Waals surface area (Å²) in [6.45, 7) is -3.37. The number of aliphatic hydroxyl groups excluding tert-OH is 8. The summed E-state index contributed by atoms with van der Waals surface area (Å²) < 4.78 is 10.7. The first-order chi connectivity index (χ1) is 18.9. The molecule has 1 aromatic rings. The molecule has 0 fully saturated rings. The zero-order valence-corrected chi connectivity index (χ0v) is 20.8. The molecule has 0 aliphatic rings. The minimum Gasteiger partial charge on any atom is -0.507 e. The molecule has 1 rings (SSSR count). The maximum Gasteiger partial charge on any atom is 0.255 e. The van der Waals surface area contributed by atoms with Crippen LogP contribution in [0.4, 0.5) is 5.69 Å². The molecule has 0 saturated carbocycles. The lowest BCUT2D eigenvalue weighted by atomic mass is 10.0. The van der Waals surface area contributed by atoms with E-state index in [1.54, 1.807) is 0 Å². The van der Waals surface area contributed by atoms with Crippen molar-refractivity contribution in [3.8, 4) is 5.75 Å². The van der Waals surface area contributed by atoms with Crippen LogP contribution in [0, 0.1) is 0 Å². The van der Waals surface area contributed by atoms with Gasteiger partial charge < -0.3 is 70.3 Å². The number of nitrogens with one attached hydrogen (secondary N) is 1. The van der Waals surface area contributed by atoms with E-state index in [4.69, 9.17) is 15.0 Å². The Hall–Kier alpha value is -3.26. The monoisotopic (exact) mass is 576 g/mol. The number of phenolic OH excluding ortho intramolecular Hbond substituents is 1. The molecule has 0 saturated heterocycles. The Kier molecular flexibility index (Phi) is 15.2. The van der Waals surface area contributed by atoms with Crippen molar-refractivity contribution in [2.45, 2.75) is 54.9 Å². The topological polar surface area (TPSA) is 313 Å². The largest absolute Gasteiger partial charge is 0.507 e. The van der Waals surface area contributed by atoms with Gasteiger partial charge in [-0.2, -0.15) is 0 Å². The first kappa shape index (κ1) is 34.8. The molecule has 0 bridgehead atoms. The predicted octanol–water partition coefficient (Wildman–Crippen LogP) is -4.25. The molecular formula is C22H32N4O14. The van der Waals surface area contributed by atoms with Crippen LogP contribution in [0.3, 0.4) is 0 Å². The highest BCUT2D eigenvalue weighted by Crippen LogP contribution is 2.24. The van der Waals surface area contributed by atoms with Crippen molar-refractivity contribution in [2.75, 3.05) is 26.4 Å². The van der Waals surface area contributed by atoms with Gasteiger partial charge in [-0.05, 0) is 17.7 Å². The fourth-order valence-corrected chi connectivity index (χ4v) is 3.31. The Morgan fingerprint density at radius 2 is 1.40 bits per heavy atom. The van der Waals surface area contributed by atoms with Crippen molar-refractivity contribution in [3.05, 3.63) is 34.2 Å². The SMILES string of the molecule is [N-]=[N+]=Nc1ccc(C(=O)NC(CO[C@@H]([C@H](O)[C@H](O)C=O)[C@H](O)CO)CO[C@H](C(O)CO)[C@H](O)C(O)C=O)c(O)c1. The fraction of sp³-hybridized carbons (Fsp3) is 0.591. The first-order valence-corrected chi connectivity index (χ1v) is 11.6. The Morgan fingerprint density at radius 1 is 0.925 bits per heavy atom. The smallest absolute Gasteiger partial charge is 0.255 e. The minimum atomic E-state index is -2.04. The van der Waals surface area contributed by atoms with Gasteiger partial charge in [0.05, 0.1) is 38.0 Å². The summed E-state index contributed by atoms with van der Waals surface area (Å²) in [4.78, 5) is 37.1. The van der Waals surface area contributed by atoms with Gasteiger partial charge in [0, 0.05) is 10.6 Å². The lowest BCUT2D eigenvalue weighted by Gasteiger charge is -2.32. The third kappa shape index (κ3) is 10.0. The lowest BCUT2D eigenvalue weighted by Crippen LogP contribution is -2.52. The van der Waals surface area contributed by atoms with Crippen LogP contribution < -0.4 is 5.32 Å². The van der Waals surface area contributed by atoms with E-state index in [0.29, 0.717) is 0 Å². The third-order valence-electron chi connectivity index (χ3n) is 5.49. The van der Waals surface area contributed by atoms with Crippen LogP contribution in [0.5, 0.6) is 5.75 Å². The molecule has 1 amide bonds. The van der Waals surface area contributed by atoms with Crippen LogP contribution in [-0.2, 0) is 19.1 Å². The van der Waals surface area contributed by atoms with Crippen molar-refractivity contribution >= 4 is 24.2 Å². The molecule has 3 unspecified atom stereocenters. The standard InChI is InChI=1S/C22H32N4O14/c23-26-25-10-1-2-12(13(31)3-10)22(38)24-11(8-39-20(16(34)6-29)18(36)14(32)4-27)9-40-21(17(35)7-30)19(37)15(33)5-28/h1-5,11,14-21,29-37H,6-9H2,(H,24,38)/t11?,14-,15?,16-,17?,18-,19-,20-,21-/m1/s1. The van der Waals surface area contributed by atoms with E-state index < -0.39 is 93.0 Å². The highest BCUT2D eigenvalue weighted by Gasteiger charge is 2.36. The summed E-state index contributed by atoms with van der Waals surface area (Å²) in [5.74, 6) is -1.60. The maximum absolute atomic E-state index is 12.9. The van der Waals surface area contributed by atoms with Crippen molar-refractivity contribution in [3.63, 3.8) is 0 Å². The number of hydrogen-bond donors (Lipinski definition) is 10. The highest BCUT2D eigenvalue weighted by molar-refractivity contribution is 5.97. The number of aldehydes is 2. The summed E-state index contributed by atoms with van der Waals surface area (Å²) in [7, 11) is 0. The first-order valence-electron chi connectivity index (χ1n) is 11.6. The molecule has 10 N–H and O–H groups in total. The normalized spacial score (nSPS) is 18.1. The molecule has 0 spiro atoms. The number of phenols is 1. The third-order valence-corrected chi connectivity index (χ3v) is 5.49. The number of nitrogens with zero attached hydrogens (tertiary/aromatic N) is 3. The van der Waals surface area contributed by atoms with E-state index in [9.17, 15) is 60.3 Å². The molecule has 18 nitrogen and oxygen atoms in total. The van der Waals surface area contributed by atoms with E-state index in [0.717, 1.165) is 12.1 Å². The average molecular weight is 577 g/mol. The zero-order chi connectivity index (χ0) is 30.4. The lowest BCUT2D eigenvalue weighted by molar-refractivity contribution is -0.162. The van der Waals surface area contributed by atoms with Gasteiger partial charge in [0.15, 0.2) is 12.6 Å². The number of aromatic hydroxyl groups is 1. The van der Waals surface area contributed by atoms with Gasteiger partial charge in [-0.15, -0.1) is 0 Å². The summed E-state index contributed by atoms with van der Waals surface area (Å²) >= 11 is 0. The summed E-state index contributed by atoms with van der Waals surface area (Å²) in [5.41, 5.74) is 8.14. The molecular weight excluding hydrogens is 544 g/mol. The van der Waals surface area contributed by atoms with Gasteiger partial charge in [0.25, 0.3) is 5.91 Å². The molecule has 224 valence electrons. The van der Waals surface area contributed by atoms with Crippen molar-refractivity contribution in [2.24, 2.45) is 5.11 Å². The number of benzene rings is 1. The zero-order valence-electron chi connectivity index (χ0n) is 20.8. The van der Waals surface area contributed by atoms with Crippen molar-refractivity contribution in [1.29, 1.82) is 0 Å². The van der Waals surface area contributed by atoms with E-state index in [1.807, 2.05) is 0 Å². The van der Waals surface area contributed by atoms with Gasteiger partial charge in [-0.25, -0.2) is 0 Å². The Balaban J connectivity index is 3.25. The number of aliphatic hydroxyl groups is 8. The van der Waals surface area contributed by atoms with Crippen LogP contribution in [-0.4, -0.2) is 146 Å². The number of carbonyl (C=O) groups is 3. The minimum absolute atomic E-state index is 0.0214. The van der Waals surface area contributed by atoms with Crippen LogP contribution in [0.2, 0.25) is 0 Å². The number of rotatable bonds is 19. The summed E-state index contributed by atoms with van der Waals surface area (Å²) in [5, 5.41) is 93.8. The van der Waals surface area contributed by atoms with Gasteiger partial charge in [0.1, 0.15) is 54.6 Å². The molecule has 18 heteroatoms. The van der Waals surface area contributed by atoms with Crippen LogP contribution in [0.25, 0.3) is 10.4 Å². The van der Waals surface area contributed by atoms with Crippen molar-refractivity contribution < 1.29 is 69.8 Å². The predicted molar refractivity (Wildman–Crippen MR) is 130 cm³/mol. The quantitative estimate of drug-likeness (QED) is 0.0323. The molecule has 40 heavy (non-hydrogen) atoms. The number of amides is 1. The molecule has 0 aliphatic carbocycles. The second kappa shape index (κ2) is 17.4. The molecule has 0 aliphatic heterocycles. The van der Waals surface area contributed by atoms with Crippen LogP contribution in [0.1, 0.15) is 10.4 Å². The fourth-order valence-electron chi connectivity index (χ4n) is 3.31. The van der Waals surface area contributed by atoms with Crippen molar-refractivity contribution in [1.82, 2.24) is 5.32 Å². The van der Waals surface area contributed by atoms with Gasteiger partial charge in [-0.3, -0.25) is 4.79 Å². The van der Waals surface area contributed by atoms with E-state index in [1.165, 1.54) is 6.07 Å². The summed E-state index contributed by atoms with van der Waals surface area (Å²) in [6, 6.07) is 1.92. The van der Waals surface area contributed by atoms with E-state index in [-0.39, 0.29) is 23.8 Å². The Labute approximate surface area is 226 Å². The van der Waals surface area contributed by atoms with Gasteiger partial charge in [-0.1, -0.05) is 11.2 Å². The molecule has 1 aromatic carbocycles.